The molecule has 1 heterocycles. The molecule has 142 valence electrons. The normalized spacial score (nSPS) is 12.3. The highest BCUT2D eigenvalue weighted by molar-refractivity contribution is 5.79. The van der Waals surface area contributed by atoms with Crippen molar-refractivity contribution < 1.29 is 13.2 Å². The fourth-order valence-corrected chi connectivity index (χ4v) is 2.30. The van der Waals surface area contributed by atoms with Gasteiger partial charge in [-0.05, 0) is 31.0 Å². The first-order valence-corrected chi connectivity index (χ1v) is 8.70. The van der Waals surface area contributed by atoms with E-state index < -0.39 is 11.6 Å². The molecule has 2 rings (SSSR count). The lowest BCUT2D eigenvalue weighted by Crippen LogP contribution is -2.38. The largest absolute Gasteiger partial charge is 0.443 e. The second kappa shape index (κ2) is 8.78. The van der Waals surface area contributed by atoms with Gasteiger partial charge in [-0.2, -0.15) is 0 Å². The number of rotatable bonds is 6. The summed E-state index contributed by atoms with van der Waals surface area (Å²) >= 11 is 0. The minimum absolute atomic E-state index is 0.0993. The maximum Gasteiger partial charge on any atom is 0.216 e. The summed E-state index contributed by atoms with van der Waals surface area (Å²) in [4.78, 5) is 8.68. The number of aromatic nitrogens is 1. The molecule has 2 aromatic rings. The molecule has 0 fully saturated rings. The van der Waals surface area contributed by atoms with E-state index in [9.17, 15) is 8.78 Å². The Labute approximate surface area is 152 Å². The minimum Gasteiger partial charge on any atom is -0.443 e. The van der Waals surface area contributed by atoms with Gasteiger partial charge in [0.25, 0.3) is 0 Å². The van der Waals surface area contributed by atoms with Gasteiger partial charge < -0.3 is 15.1 Å². The van der Waals surface area contributed by atoms with E-state index in [2.05, 4.69) is 41.4 Å². The Morgan fingerprint density at radius 1 is 1.15 bits per heavy atom. The topological polar surface area (TPSA) is 62.5 Å². The third-order valence-corrected chi connectivity index (χ3v) is 3.64. The van der Waals surface area contributed by atoms with Gasteiger partial charge in [-0.15, -0.1) is 0 Å². The molecule has 0 unspecified atom stereocenters. The van der Waals surface area contributed by atoms with Gasteiger partial charge in [0, 0.05) is 24.6 Å². The Bertz CT molecular complexity index is 730. The van der Waals surface area contributed by atoms with Crippen molar-refractivity contribution in [3.63, 3.8) is 0 Å². The first kappa shape index (κ1) is 19.9. The lowest BCUT2D eigenvalue weighted by Gasteiger charge is -2.13. The molecule has 2 N–H and O–H groups in total. The highest BCUT2D eigenvalue weighted by Crippen LogP contribution is 2.22. The molecule has 26 heavy (non-hydrogen) atoms. The van der Waals surface area contributed by atoms with E-state index in [0.717, 1.165) is 11.8 Å². The van der Waals surface area contributed by atoms with Crippen molar-refractivity contribution in [3.05, 3.63) is 53.2 Å². The van der Waals surface area contributed by atoms with Crippen molar-refractivity contribution in [1.29, 1.82) is 0 Å². The summed E-state index contributed by atoms with van der Waals surface area (Å²) in [6, 6.07) is 3.52. The Kier molecular flexibility index (Phi) is 6.71. The van der Waals surface area contributed by atoms with Gasteiger partial charge in [-0.3, -0.25) is 0 Å². The van der Waals surface area contributed by atoms with Crippen molar-refractivity contribution in [3.8, 4) is 0 Å². The minimum atomic E-state index is -0.570. The van der Waals surface area contributed by atoms with E-state index >= 15 is 0 Å². The number of nitrogens with zero attached hydrogens (tertiary/aromatic N) is 2. The third kappa shape index (κ3) is 6.13. The smallest absolute Gasteiger partial charge is 0.216 e. The quantitative estimate of drug-likeness (QED) is 0.608. The molecule has 7 heteroatoms. The number of benzene rings is 1. The predicted octanol–water partition coefficient (Wildman–Crippen LogP) is 3.55. The number of halogens is 2. The zero-order valence-electron chi connectivity index (χ0n) is 15.7. The average molecular weight is 364 g/mol. The van der Waals surface area contributed by atoms with Crippen molar-refractivity contribution in [2.45, 2.75) is 46.1 Å². The fourth-order valence-electron chi connectivity index (χ4n) is 2.30. The van der Waals surface area contributed by atoms with E-state index in [4.69, 9.17) is 4.42 Å². The van der Waals surface area contributed by atoms with E-state index in [-0.39, 0.29) is 5.41 Å². The zero-order valence-corrected chi connectivity index (χ0v) is 15.7. The van der Waals surface area contributed by atoms with Gasteiger partial charge in [-0.25, -0.2) is 18.8 Å². The van der Waals surface area contributed by atoms with Crippen LogP contribution in [0.2, 0.25) is 0 Å². The third-order valence-electron chi connectivity index (χ3n) is 3.64. The van der Waals surface area contributed by atoms with Crippen LogP contribution in [0.4, 0.5) is 8.78 Å². The van der Waals surface area contributed by atoms with Gasteiger partial charge in [-0.1, -0.05) is 20.8 Å². The molecule has 0 aliphatic rings. The highest BCUT2D eigenvalue weighted by Gasteiger charge is 2.19. The number of guanidine groups is 1. The molecule has 0 atom stereocenters. The maximum absolute atomic E-state index is 13.2. The van der Waals surface area contributed by atoms with Crippen molar-refractivity contribution >= 4 is 5.96 Å². The summed E-state index contributed by atoms with van der Waals surface area (Å²) < 4.78 is 32.1. The Hall–Kier alpha value is -2.44. The number of hydrogen-bond acceptors (Lipinski definition) is 3. The predicted molar refractivity (Wildman–Crippen MR) is 98.1 cm³/mol. The maximum atomic E-state index is 13.2. The summed E-state index contributed by atoms with van der Waals surface area (Å²) in [6.45, 7) is 9.62. The van der Waals surface area contributed by atoms with Crippen LogP contribution >= 0.6 is 0 Å². The van der Waals surface area contributed by atoms with E-state index in [0.29, 0.717) is 43.5 Å². The molecule has 0 aliphatic carbocycles. The first-order valence-electron chi connectivity index (χ1n) is 8.70. The molecule has 0 bridgehead atoms. The van der Waals surface area contributed by atoms with Crippen molar-refractivity contribution in [1.82, 2.24) is 15.6 Å². The molecule has 0 saturated heterocycles. The van der Waals surface area contributed by atoms with Gasteiger partial charge in [0.1, 0.15) is 23.9 Å². The Morgan fingerprint density at radius 2 is 1.85 bits per heavy atom. The second-order valence-electron chi connectivity index (χ2n) is 7.02. The Morgan fingerprint density at radius 3 is 2.42 bits per heavy atom. The average Bonchev–Trinajstić information content (AvgIpc) is 3.01. The van der Waals surface area contributed by atoms with Crippen molar-refractivity contribution in [2.24, 2.45) is 4.99 Å². The molecule has 5 nitrogen and oxygen atoms in total. The lowest BCUT2D eigenvalue weighted by molar-refractivity contribution is 0.383. The summed E-state index contributed by atoms with van der Waals surface area (Å²) in [6.07, 6.45) is 2.20. The number of hydrogen-bond donors (Lipinski definition) is 2. The van der Waals surface area contributed by atoms with Crippen LogP contribution in [0.5, 0.6) is 0 Å². The first-order chi connectivity index (χ1) is 12.3. The molecule has 1 aromatic carbocycles. The molecular formula is C19H26F2N4O. The zero-order chi connectivity index (χ0) is 19.2. The van der Waals surface area contributed by atoms with Gasteiger partial charge in [0.15, 0.2) is 5.96 Å². The van der Waals surface area contributed by atoms with Crippen molar-refractivity contribution in [2.75, 3.05) is 13.1 Å². The molecule has 0 aliphatic heterocycles. The Balaban J connectivity index is 1.93. The van der Waals surface area contributed by atoms with Crippen LogP contribution in [-0.4, -0.2) is 24.0 Å². The molecule has 0 radical (unpaired) electrons. The summed E-state index contributed by atoms with van der Waals surface area (Å²) in [5.74, 6) is 0.811. The monoisotopic (exact) mass is 364 g/mol. The fraction of sp³-hybridized carbons (Fsp3) is 0.474. The number of nitrogens with one attached hydrogen (secondary N) is 2. The van der Waals surface area contributed by atoms with Crippen LogP contribution in [0.1, 0.15) is 44.9 Å². The van der Waals surface area contributed by atoms with Crippen LogP contribution < -0.4 is 10.6 Å². The van der Waals surface area contributed by atoms with E-state index in [1.807, 2.05) is 6.92 Å². The lowest BCUT2D eigenvalue weighted by atomic mass is 9.94. The van der Waals surface area contributed by atoms with Crippen LogP contribution in [0.25, 0.3) is 0 Å². The summed E-state index contributed by atoms with van der Waals surface area (Å²) in [5, 5.41) is 6.26. The number of aliphatic imine (C=N–C) groups is 1. The van der Waals surface area contributed by atoms with Gasteiger partial charge >= 0.3 is 0 Å². The van der Waals surface area contributed by atoms with Gasteiger partial charge in [0.2, 0.25) is 5.89 Å². The SMILES string of the molecule is CCNC(=NCc1ncc(C(C)(C)C)o1)NCCc1cc(F)cc(F)c1. The highest BCUT2D eigenvalue weighted by atomic mass is 19.1. The van der Waals surface area contributed by atoms with Crippen LogP contribution in [0, 0.1) is 11.6 Å². The van der Waals surface area contributed by atoms with E-state index in [1.54, 1.807) is 6.20 Å². The summed E-state index contributed by atoms with van der Waals surface area (Å²) in [7, 11) is 0. The van der Waals surface area contributed by atoms with Crippen LogP contribution in [-0.2, 0) is 18.4 Å². The second-order valence-corrected chi connectivity index (χ2v) is 7.02. The molecule has 1 aromatic heterocycles. The van der Waals surface area contributed by atoms with Crippen LogP contribution in [0.15, 0.2) is 33.8 Å². The van der Waals surface area contributed by atoms with Gasteiger partial charge in [0.05, 0.1) is 6.20 Å². The molecular weight excluding hydrogens is 338 g/mol. The molecule has 0 saturated carbocycles. The molecule has 0 spiro atoms. The number of oxazole rings is 1. The van der Waals surface area contributed by atoms with E-state index in [1.165, 1.54) is 12.1 Å². The standard InChI is InChI=1S/C19H26F2N4O/c1-5-22-18(23-7-6-13-8-14(20)10-15(21)9-13)25-12-17-24-11-16(26-17)19(2,3)4/h8-11H,5-7,12H2,1-4H3,(H2,22,23,25). The summed E-state index contributed by atoms with van der Waals surface area (Å²) in [5.41, 5.74) is 0.492. The van der Waals surface area contributed by atoms with Crippen LogP contribution in [0.3, 0.4) is 0 Å². The molecule has 0 amide bonds.